The molecule has 0 aliphatic carbocycles. The van der Waals surface area contributed by atoms with Crippen LogP contribution in [0.3, 0.4) is 0 Å². The minimum Gasteiger partial charge on any atom is -0.507 e. The van der Waals surface area contributed by atoms with E-state index in [0.29, 0.717) is 13.0 Å². The number of aliphatic hydroxyl groups is 1. The molecule has 43 heavy (non-hydrogen) atoms. The van der Waals surface area contributed by atoms with Crippen LogP contribution in [-0.4, -0.2) is 96.8 Å². The molecule has 6 rings (SSSR count). The SMILES string of the molecule is O=C(c1ccc(Oc2nccn3c(-c4conc4C(F)(F)F)cnc23)cc1O)N1CCN(C(=O)[C@@H]2CCOC[C@@H]2O)CC1. The van der Waals surface area contributed by atoms with Crippen molar-refractivity contribution >= 4 is 17.5 Å². The number of rotatable bonds is 5. The maximum atomic E-state index is 13.4. The molecule has 3 aromatic heterocycles. The fraction of sp³-hybridized carbons (Fsp3) is 0.370. The zero-order valence-corrected chi connectivity index (χ0v) is 22.4. The van der Waals surface area contributed by atoms with Crippen LogP contribution in [0, 0.1) is 5.92 Å². The van der Waals surface area contributed by atoms with E-state index in [4.69, 9.17) is 9.47 Å². The molecule has 2 fully saturated rings. The molecule has 2 aliphatic heterocycles. The molecule has 5 heterocycles. The molecule has 0 bridgehead atoms. The Hall–Kier alpha value is -4.70. The van der Waals surface area contributed by atoms with Crippen molar-refractivity contribution in [2.45, 2.75) is 18.7 Å². The highest BCUT2D eigenvalue weighted by atomic mass is 19.4. The van der Waals surface area contributed by atoms with Crippen molar-refractivity contribution in [2.75, 3.05) is 39.4 Å². The first-order valence-corrected chi connectivity index (χ1v) is 13.3. The summed E-state index contributed by atoms with van der Waals surface area (Å²) >= 11 is 0. The summed E-state index contributed by atoms with van der Waals surface area (Å²) in [4.78, 5) is 37.4. The van der Waals surface area contributed by atoms with E-state index < -0.39 is 29.8 Å². The molecule has 0 spiro atoms. The Bertz CT molecular complexity index is 1660. The number of hydrogen-bond donors (Lipinski definition) is 2. The number of aromatic hydroxyl groups is 1. The standard InChI is InChI=1S/C27H25F3N6O7/c28-27(29,30)22-18(13-42-33-22)19-12-32-23-24(31-4-5-36(19)23)43-15-1-2-16(20(37)11-15)25(39)34-6-8-35(9-7-34)26(40)17-3-10-41-14-21(17)38/h1-2,4-5,11-13,17,21,37-38H,3,6-10,14H2/t17-,21+/m1/s1. The minimum absolute atomic E-state index is 0.0216. The zero-order valence-electron chi connectivity index (χ0n) is 22.4. The van der Waals surface area contributed by atoms with Crippen LogP contribution < -0.4 is 4.74 Å². The lowest BCUT2D eigenvalue weighted by molar-refractivity contribution is -0.147. The van der Waals surface area contributed by atoms with Gasteiger partial charge in [-0.05, 0) is 18.6 Å². The Morgan fingerprint density at radius 2 is 1.86 bits per heavy atom. The molecule has 2 amide bonds. The zero-order chi connectivity index (χ0) is 30.3. The van der Waals surface area contributed by atoms with Crippen molar-refractivity contribution in [1.29, 1.82) is 0 Å². The predicted octanol–water partition coefficient (Wildman–Crippen LogP) is 2.58. The molecule has 226 valence electrons. The van der Waals surface area contributed by atoms with Crippen molar-refractivity contribution in [1.82, 2.24) is 29.3 Å². The summed E-state index contributed by atoms with van der Waals surface area (Å²) in [5.74, 6) is -1.45. The normalized spacial score (nSPS) is 19.5. The largest absolute Gasteiger partial charge is 0.507 e. The fourth-order valence-corrected chi connectivity index (χ4v) is 5.20. The summed E-state index contributed by atoms with van der Waals surface area (Å²) in [6.07, 6.45) is -0.385. The summed E-state index contributed by atoms with van der Waals surface area (Å²) in [6.45, 7) is 1.60. The lowest BCUT2D eigenvalue weighted by atomic mass is 9.95. The van der Waals surface area contributed by atoms with Gasteiger partial charge in [0, 0.05) is 51.2 Å². The van der Waals surface area contributed by atoms with Gasteiger partial charge in [0.1, 0.15) is 17.8 Å². The number of phenols is 1. The summed E-state index contributed by atoms with van der Waals surface area (Å²) < 4.78 is 56.9. The molecular weight excluding hydrogens is 577 g/mol. The highest BCUT2D eigenvalue weighted by Gasteiger charge is 2.39. The number of nitrogens with zero attached hydrogens (tertiary/aromatic N) is 6. The van der Waals surface area contributed by atoms with Gasteiger partial charge < -0.3 is 34.0 Å². The van der Waals surface area contributed by atoms with Gasteiger partial charge in [0.2, 0.25) is 11.6 Å². The third-order valence-electron chi connectivity index (χ3n) is 7.45. The topological polar surface area (TPSA) is 156 Å². The van der Waals surface area contributed by atoms with E-state index in [1.807, 2.05) is 0 Å². The number of carbonyl (C=O) groups excluding carboxylic acids is 2. The van der Waals surface area contributed by atoms with Gasteiger partial charge in [0.15, 0.2) is 5.69 Å². The third kappa shape index (κ3) is 5.46. The summed E-state index contributed by atoms with van der Waals surface area (Å²) in [5.41, 5.74) is -1.36. The van der Waals surface area contributed by atoms with Gasteiger partial charge in [-0.15, -0.1) is 0 Å². The smallest absolute Gasteiger partial charge is 0.437 e. The summed E-state index contributed by atoms with van der Waals surface area (Å²) in [6, 6.07) is 4.04. The Morgan fingerprint density at radius 1 is 1.09 bits per heavy atom. The maximum Gasteiger partial charge on any atom is 0.437 e. The van der Waals surface area contributed by atoms with E-state index in [1.54, 1.807) is 4.90 Å². The molecular formula is C27H25F3N6O7. The lowest BCUT2D eigenvalue weighted by Crippen LogP contribution is -2.54. The summed E-state index contributed by atoms with van der Waals surface area (Å²) in [7, 11) is 0. The van der Waals surface area contributed by atoms with Crippen molar-refractivity contribution < 1.29 is 47.0 Å². The van der Waals surface area contributed by atoms with E-state index in [1.165, 1.54) is 46.1 Å². The van der Waals surface area contributed by atoms with Crippen LogP contribution >= 0.6 is 0 Å². The number of phenolic OH excluding ortho intramolecular Hbond substituents is 1. The Morgan fingerprint density at radius 3 is 2.58 bits per heavy atom. The number of hydrogen-bond acceptors (Lipinski definition) is 10. The second kappa shape index (κ2) is 11.2. The number of benzene rings is 1. The van der Waals surface area contributed by atoms with Crippen LogP contribution in [0.4, 0.5) is 13.2 Å². The van der Waals surface area contributed by atoms with Gasteiger partial charge in [-0.25, -0.2) is 9.97 Å². The van der Waals surface area contributed by atoms with Gasteiger partial charge in [-0.2, -0.15) is 13.2 Å². The molecule has 2 atom stereocenters. The third-order valence-corrected chi connectivity index (χ3v) is 7.45. The van der Waals surface area contributed by atoms with Crippen LogP contribution in [0.15, 0.2) is 47.6 Å². The molecule has 0 radical (unpaired) electrons. The van der Waals surface area contributed by atoms with Crippen molar-refractivity contribution in [3.8, 4) is 28.6 Å². The molecule has 2 saturated heterocycles. The van der Waals surface area contributed by atoms with Gasteiger partial charge in [0.05, 0.1) is 41.6 Å². The number of carbonyl (C=O) groups is 2. The second-order valence-corrected chi connectivity index (χ2v) is 10.1. The highest BCUT2D eigenvalue weighted by molar-refractivity contribution is 5.97. The molecule has 4 aromatic rings. The van der Waals surface area contributed by atoms with Crippen molar-refractivity contribution in [3.05, 3.63) is 54.3 Å². The number of piperazine rings is 1. The number of fused-ring (bicyclic) bond motifs is 1. The first-order chi connectivity index (χ1) is 20.6. The Balaban J connectivity index is 1.14. The van der Waals surface area contributed by atoms with E-state index in [0.717, 1.165) is 6.26 Å². The summed E-state index contributed by atoms with van der Waals surface area (Å²) in [5, 5.41) is 23.8. The molecule has 13 nitrogen and oxygen atoms in total. The first-order valence-electron chi connectivity index (χ1n) is 13.3. The molecule has 2 aliphatic rings. The van der Waals surface area contributed by atoms with E-state index >= 15 is 0 Å². The Labute approximate surface area is 241 Å². The number of amides is 2. The molecule has 1 aromatic carbocycles. The van der Waals surface area contributed by atoms with Gasteiger partial charge in [-0.3, -0.25) is 14.0 Å². The maximum absolute atomic E-state index is 13.4. The van der Waals surface area contributed by atoms with Gasteiger partial charge in [-0.1, -0.05) is 5.16 Å². The van der Waals surface area contributed by atoms with Crippen LogP contribution in [0.5, 0.6) is 17.4 Å². The number of ether oxygens (including phenoxy) is 2. The van der Waals surface area contributed by atoms with Crippen molar-refractivity contribution in [2.24, 2.45) is 5.92 Å². The minimum atomic E-state index is -4.74. The number of aliphatic hydroxyl groups excluding tert-OH is 1. The molecule has 16 heteroatoms. The van der Waals surface area contributed by atoms with E-state index in [2.05, 4.69) is 19.6 Å². The Kier molecular flexibility index (Phi) is 7.39. The average molecular weight is 603 g/mol. The quantitative estimate of drug-likeness (QED) is 0.348. The lowest BCUT2D eigenvalue weighted by Gasteiger charge is -2.38. The predicted molar refractivity (Wildman–Crippen MR) is 139 cm³/mol. The van der Waals surface area contributed by atoms with Crippen LogP contribution in [0.1, 0.15) is 22.5 Å². The fourth-order valence-electron chi connectivity index (χ4n) is 5.20. The van der Waals surface area contributed by atoms with Gasteiger partial charge in [0.25, 0.3) is 11.8 Å². The van der Waals surface area contributed by atoms with E-state index in [9.17, 15) is 33.0 Å². The first kappa shape index (κ1) is 28.4. The second-order valence-electron chi connectivity index (χ2n) is 10.1. The molecule has 2 N–H and O–H groups in total. The van der Waals surface area contributed by atoms with Crippen LogP contribution in [0.25, 0.3) is 16.9 Å². The monoisotopic (exact) mass is 602 g/mol. The number of aromatic nitrogens is 4. The highest BCUT2D eigenvalue weighted by Crippen LogP contribution is 2.37. The number of halogens is 3. The number of imidazole rings is 1. The van der Waals surface area contributed by atoms with Gasteiger partial charge >= 0.3 is 6.18 Å². The number of alkyl halides is 3. The molecule has 0 saturated carbocycles. The van der Waals surface area contributed by atoms with Crippen LogP contribution in [0.2, 0.25) is 0 Å². The van der Waals surface area contributed by atoms with Crippen molar-refractivity contribution in [3.63, 3.8) is 0 Å². The molecule has 0 unspecified atom stereocenters. The van der Waals surface area contributed by atoms with Crippen LogP contribution in [-0.2, 0) is 15.7 Å². The van der Waals surface area contributed by atoms with E-state index in [-0.39, 0.29) is 78.5 Å². The average Bonchev–Trinajstić information content (AvgIpc) is 3.65.